The Balaban J connectivity index is 1.62. The van der Waals surface area contributed by atoms with Crippen molar-refractivity contribution in [2.24, 2.45) is 5.92 Å². The van der Waals surface area contributed by atoms with Crippen LogP contribution in [0, 0.1) is 5.92 Å². The molecular formula is C21H28N4O5S2. The number of hydrogen-bond acceptors (Lipinski definition) is 8. The molecule has 11 heteroatoms. The maximum absolute atomic E-state index is 13.0. The van der Waals surface area contributed by atoms with E-state index in [4.69, 9.17) is 4.74 Å². The number of piperidine rings is 1. The number of nitrogens with one attached hydrogen (secondary N) is 1. The summed E-state index contributed by atoms with van der Waals surface area (Å²) in [6, 6.07) is 6.97. The number of rotatable bonds is 6. The summed E-state index contributed by atoms with van der Waals surface area (Å²) in [5.74, 6) is -1.30. The predicted molar refractivity (Wildman–Crippen MR) is 121 cm³/mol. The highest BCUT2D eigenvalue weighted by Crippen LogP contribution is 2.28. The summed E-state index contributed by atoms with van der Waals surface area (Å²) in [7, 11) is -3.63. The second-order valence-electron chi connectivity index (χ2n) is 8.61. The average molecular weight is 481 g/mol. The van der Waals surface area contributed by atoms with E-state index in [1.807, 2.05) is 12.1 Å². The number of esters is 1. The van der Waals surface area contributed by atoms with Crippen molar-refractivity contribution in [3.8, 4) is 0 Å². The number of hydrogen-bond donors (Lipinski definition) is 1. The Hall–Kier alpha value is -2.37. The van der Waals surface area contributed by atoms with Crippen molar-refractivity contribution < 1.29 is 22.7 Å². The van der Waals surface area contributed by atoms with Crippen molar-refractivity contribution in [3.63, 3.8) is 0 Å². The third-order valence-corrected chi connectivity index (χ3v) is 7.93. The molecule has 174 valence electrons. The van der Waals surface area contributed by atoms with E-state index in [0.717, 1.165) is 17.1 Å². The van der Waals surface area contributed by atoms with Gasteiger partial charge in [0.15, 0.2) is 5.00 Å². The van der Waals surface area contributed by atoms with Crippen LogP contribution in [0.25, 0.3) is 0 Å². The number of anilines is 1. The largest absolute Gasteiger partial charge is 0.461 e. The van der Waals surface area contributed by atoms with Crippen LogP contribution in [0.4, 0.5) is 5.00 Å². The van der Waals surface area contributed by atoms with Crippen LogP contribution in [0.15, 0.2) is 29.2 Å². The van der Waals surface area contributed by atoms with E-state index in [1.54, 1.807) is 19.1 Å². The van der Waals surface area contributed by atoms with Crippen LogP contribution in [0.3, 0.4) is 0 Å². The molecule has 1 saturated heterocycles. The zero-order valence-electron chi connectivity index (χ0n) is 18.6. The number of ether oxygens (including phenoxy) is 1. The van der Waals surface area contributed by atoms with Crippen LogP contribution in [-0.4, -0.2) is 53.9 Å². The number of aromatic nitrogens is 2. The van der Waals surface area contributed by atoms with E-state index < -0.39 is 16.0 Å². The average Bonchev–Trinajstić information content (AvgIpc) is 3.21. The summed E-state index contributed by atoms with van der Waals surface area (Å²) in [5.41, 5.74) is 0.977. The van der Waals surface area contributed by atoms with Gasteiger partial charge in [0.25, 0.3) is 0 Å². The van der Waals surface area contributed by atoms with Crippen LogP contribution >= 0.6 is 11.5 Å². The third kappa shape index (κ3) is 5.33. The van der Waals surface area contributed by atoms with Crippen LogP contribution in [0.2, 0.25) is 0 Å². The fourth-order valence-electron chi connectivity index (χ4n) is 3.45. The van der Waals surface area contributed by atoms with Gasteiger partial charge in [0, 0.05) is 30.5 Å². The van der Waals surface area contributed by atoms with Crippen molar-refractivity contribution in [1.82, 2.24) is 13.9 Å². The van der Waals surface area contributed by atoms with Gasteiger partial charge in [0.2, 0.25) is 21.6 Å². The van der Waals surface area contributed by atoms with Gasteiger partial charge in [-0.2, -0.15) is 4.31 Å². The summed E-state index contributed by atoms with van der Waals surface area (Å²) in [6.07, 6.45) is 0.762. The molecule has 2 heterocycles. The maximum atomic E-state index is 13.0. The summed E-state index contributed by atoms with van der Waals surface area (Å²) < 4.78 is 36.1. The van der Waals surface area contributed by atoms with Gasteiger partial charge in [0.1, 0.15) is 0 Å². The fourth-order valence-corrected chi connectivity index (χ4v) is 5.48. The molecule has 1 aromatic carbocycles. The Bertz CT molecular complexity index is 1070. The molecule has 1 amide bonds. The Labute approximate surface area is 192 Å². The minimum absolute atomic E-state index is 0.0242. The predicted octanol–water partition coefficient (Wildman–Crippen LogP) is 3.05. The molecule has 0 atom stereocenters. The van der Waals surface area contributed by atoms with Gasteiger partial charge < -0.3 is 10.1 Å². The van der Waals surface area contributed by atoms with Crippen LogP contribution in [0.1, 0.15) is 56.6 Å². The number of carbonyl (C=O) groups excluding carboxylic acids is 2. The second-order valence-corrected chi connectivity index (χ2v) is 11.3. The molecule has 0 saturated carbocycles. The molecule has 0 aliphatic carbocycles. The Kier molecular flexibility index (Phi) is 7.31. The maximum Gasteiger partial charge on any atom is 0.362 e. The number of sulfonamides is 1. The van der Waals surface area contributed by atoms with Crippen LogP contribution in [-0.2, 0) is 25.0 Å². The number of benzene rings is 1. The molecule has 0 bridgehead atoms. The normalized spacial score (nSPS) is 16.0. The lowest BCUT2D eigenvalue weighted by atomic mass is 9.87. The van der Waals surface area contributed by atoms with Gasteiger partial charge in [-0.15, -0.1) is 5.10 Å². The van der Waals surface area contributed by atoms with Crippen molar-refractivity contribution in [2.45, 2.75) is 50.8 Å². The Morgan fingerprint density at radius 1 is 1.19 bits per heavy atom. The molecule has 1 N–H and O–H groups in total. The molecule has 1 fully saturated rings. The van der Waals surface area contributed by atoms with Gasteiger partial charge in [-0.25, -0.2) is 13.2 Å². The second kappa shape index (κ2) is 9.63. The third-order valence-electron chi connectivity index (χ3n) is 5.38. The molecule has 1 aliphatic heterocycles. The van der Waals surface area contributed by atoms with E-state index in [0.29, 0.717) is 12.8 Å². The summed E-state index contributed by atoms with van der Waals surface area (Å²) >= 11 is 0.901. The van der Waals surface area contributed by atoms with Gasteiger partial charge in [-0.1, -0.05) is 37.4 Å². The van der Waals surface area contributed by atoms with E-state index in [-0.39, 0.29) is 52.5 Å². The minimum atomic E-state index is -3.63. The standard InChI is InChI=1S/C21H28N4O5S2/c1-5-30-20(27)17-19(31-24-23-17)22-18(26)14-10-12-25(13-11-14)32(28,29)16-8-6-15(7-9-16)21(2,3)4/h6-9,14H,5,10-13H2,1-4H3,(H,22,26). The molecule has 2 aromatic rings. The zero-order chi connectivity index (χ0) is 23.5. The van der Waals surface area contributed by atoms with E-state index in [2.05, 4.69) is 35.7 Å². The van der Waals surface area contributed by atoms with Crippen molar-refractivity contribution in [1.29, 1.82) is 0 Å². The molecule has 0 spiro atoms. The minimum Gasteiger partial charge on any atom is -0.461 e. The van der Waals surface area contributed by atoms with Crippen molar-refractivity contribution in [2.75, 3.05) is 25.0 Å². The lowest BCUT2D eigenvalue weighted by Crippen LogP contribution is -2.41. The molecule has 0 radical (unpaired) electrons. The topological polar surface area (TPSA) is 119 Å². The first-order valence-corrected chi connectivity index (χ1v) is 12.7. The highest BCUT2D eigenvalue weighted by atomic mass is 32.2. The van der Waals surface area contributed by atoms with Crippen LogP contribution < -0.4 is 5.32 Å². The summed E-state index contributed by atoms with van der Waals surface area (Å²) in [6.45, 7) is 8.57. The first kappa shape index (κ1) is 24.3. The molecule has 3 rings (SSSR count). The first-order valence-electron chi connectivity index (χ1n) is 10.4. The number of amides is 1. The first-order chi connectivity index (χ1) is 15.0. The molecular weight excluding hydrogens is 452 g/mol. The van der Waals surface area contributed by atoms with Crippen molar-refractivity contribution >= 4 is 38.4 Å². The fraction of sp³-hybridized carbons (Fsp3) is 0.524. The molecule has 0 unspecified atom stereocenters. The molecule has 32 heavy (non-hydrogen) atoms. The van der Waals surface area contributed by atoms with Crippen molar-refractivity contribution in [3.05, 3.63) is 35.5 Å². The lowest BCUT2D eigenvalue weighted by Gasteiger charge is -2.30. The zero-order valence-corrected chi connectivity index (χ0v) is 20.3. The molecule has 9 nitrogen and oxygen atoms in total. The molecule has 1 aromatic heterocycles. The quantitative estimate of drug-likeness (QED) is 0.631. The van der Waals surface area contributed by atoms with E-state index >= 15 is 0 Å². The van der Waals surface area contributed by atoms with Gasteiger partial charge >= 0.3 is 5.97 Å². The summed E-state index contributed by atoms with van der Waals surface area (Å²) in [4.78, 5) is 24.8. The van der Waals surface area contributed by atoms with Gasteiger partial charge in [-0.05, 0) is 42.9 Å². The Morgan fingerprint density at radius 3 is 2.38 bits per heavy atom. The lowest BCUT2D eigenvalue weighted by molar-refractivity contribution is -0.120. The monoisotopic (exact) mass is 480 g/mol. The van der Waals surface area contributed by atoms with E-state index in [1.165, 1.54) is 4.31 Å². The van der Waals surface area contributed by atoms with Crippen LogP contribution in [0.5, 0.6) is 0 Å². The highest BCUT2D eigenvalue weighted by molar-refractivity contribution is 7.89. The Morgan fingerprint density at radius 2 is 1.81 bits per heavy atom. The number of carbonyl (C=O) groups is 2. The van der Waals surface area contributed by atoms with Gasteiger partial charge in [0.05, 0.1) is 11.5 Å². The summed E-state index contributed by atoms with van der Waals surface area (Å²) in [5, 5.41) is 6.65. The smallest absolute Gasteiger partial charge is 0.362 e. The molecule has 1 aliphatic rings. The van der Waals surface area contributed by atoms with Gasteiger partial charge in [-0.3, -0.25) is 4.79 Å². The van der Waals surface area contributed by atoms with E-state index in [9.17, 15) is 18.0 Å². The number of nitrogens with zero attached hydrogens (tertiary/aromatic N) is 3. The highest BCUT2D eigenvalue weighted by Gasteiger charge is 2.33. The SMILES string of the molecule is CCOC(=O)c1nnsc1NC(=O)C1CCN(S(=O)(=O)c2ccc(C(C)(C)C)cc2)CC1.